The molecule has 21 heavy (non-hydrogen) atoms. The molecular weight excluding hydrogens is 282 g/mol. The highest BCUT2D eigenvalue weighted by Gasteiger charge is 2.14. The van der Waals surface area contributed by atoms with Gasteiger partial charge >= 0.3 is 0 Å². The summed E-state index contributed by atoms with van der Waals surface area (Å²) in [6.07, 6.45) is 5.83. The van der Waals surface area contributed by atoms with Crippen molar-refractivity contribution in [2.24, 2.45) is 0 Å². The molecule has 0 radical (unpaired) electrons. The standard InChI is InChI=1S/C15H19N5S/c1-4-6-12-17-7-8-20(12)13-11-9-10(3)21-14(11)19-15(18-13)16-5-2/h7-9H,4-6H2,1-3H3,(H,16,18,19). The van der Waals surface area contributed by atoms with Crippen LogP contribution in [0.25, 0.3) is 16.0 Å². The van der Waals surface area contributed by atoms with Crippen molar-refractivity contribution in [1.82, 2.24) is 19.5 Å². The summed E-state index contributed by atoms with van der Waals surface area (Å²) in [4.78, 5) is 16.0. The number of fused-ring (bicyclic) bond motifs is 1. The van der Waals surface area contributed by atoms with E-state index in [1.807, 2.05) is 19.3 Å². The number of aromatic nitrogens is 4. The van der Waals surface area contributed by atoms with Crippen molar-refractivity contribution >= 4 is 27.5 Å². The predicted octanol–water partition coefficient (Wildman–Crippen LogP) is 3.57. The molecule has 0 spiro atoms. The fraction of sp³-hybridized carbons (Fsp3) is 0.400. The Kier molecular flexibility index (Phi) is 3.88. The van der Waals surface area contributed by atoms with Gasteiger partial charge in [0.15, 0.2) is 5.82 Å². The molecule has 6 heteroatoms. The predicted molar refractivity (Wildman–Crippen MR) is 87.4 cm³/mol. The number of anilines is 1. The van der Waals surface area contributed by atoms with Crippen LogP contribution in [0.15, 0.2) is 18.5 Å². The molecule has 1 N–H and O–H groups in total. The van der Waals surface area contributed by atoms with E-state index in [0.717, 1.165) is 41.2 Å². The summed E-state index contributed by atoms with van der Waals surface area (Å²) in [7, 11) is 0. The van der Waals surface area contributed by atoms with E-state index in [-0.39, 0.29) is 0 Å². The molecule has 0 fully saturated rings. The Hall–Kier alpha value is -1.95. The third kappa shape index (κ3) is 2.63. The molecule has 0 aliphatic heterocycles. The van der Waals surface area contributed by atoms with Gasteiger partial charge < -0.3 is 5.32 Å². The highest BCUT2D eigenvalue weighted by atomic mass is 32.1. The van der Waals surface area contributed by atoms with Crippen LogP contribution in [0.5, 0.6) is 0 Å². The van der Waals surface area contributed by atoms with E-state index in [2.05, 4.69) is 39.8 Å². The van der Waals surface area contributed by atoms with Crippen molar-refractivity contribution < 1.29 is 0 Å². The highest BCUT2D eigenvalue weighted by Crippen LogP contribution is 2.29. The van der Waals surface area contributed by atoms with Gasteiger partial charge in [-0.25, -0.2) is 9.97 Å². The van der Waals surface area contributed by atoms with Crippen LogP contribution in [-0.4, -0.2) is 26.1 Å². The molecule has 110 valence electrons. The second kappa shape index (κ2) is 5.81. The van der Waals surface area contributed by atoms with Gasteiger partial charge in [-0.3, -0.25) is 4.57 Å². The monoisotopic (exact) mass is 301 g/mol. The fourth-order valence-electron chi connectivity index (χ4n) is 2.38. The largest absolute Gasteiger partial charge is 0.354 e. The van der Waals surface area contributed by atoms with Gasteiger partial charge in [-0.05, 0) is 26.3 Å². The van der Waals surface area contributed by atoms with Crippen molar-refractivity contribution in [2.75, 3.05) is 11.9 Å². The van der Waals surface area contributed by atoms with Gasteiger partial charge in [0.1, 0.15) is 10.7 Å². The van der Waals surface area contributed by atoms with Crippen molar-refractivity contribution in [1.29, 1.82) is 0 Å². The fourth-order valence-corrected chi connectivity index (χ4v) is 3.26. The van der Waals surface area contributed by atoms with Crippen molar-refractivity contribution in [3.63, 3.8) is 0 Å². The Bertz CT molecular complexity index is 759. The first-order valence-corrected chi connectivity index (χ1v) is 8.09. The maximum atomic E-state index is 4.70. The number of thiophene rings is 1. The van der Waals surface area contributed by atoms with Crippen LogP contribution >= 0.6 is 11.3 Å². The van der Waals surface area contributed by atoms with E-state index < -0.39 is 0 Å². The number of nitrogens with zero attached hydrogens (tertiary/aromatic N) is 4. The highest BCUT2D eigenvalue weighted by molar-refractivity contribution is 7.18. The molecule has 3 heterocycles. The molecule has 0 saturated carbocycles. The summed E-state index contributed by atoms with van der Waals surface area (Å²) in [5, 5.41) is 4.31. The first kappa shape index (κ1) is 14.0. The number of hydrogen-bond donors (Lipinski definition) is 1. The second-order valence-electron chi connectivity index (χ2n) is 4.94. The molecule has 0 atom stereocenters. The van der Waals surface area contributed by atoms with Gasteiger partial charge in [0, 0.05) is 30.2 Å². The molecule has 0 aromatic carbocycles. The average Bonchev–Trinajstić information content (AvgIpc) is 3.04. The van der Waals surface area contributed by atoms with Gasteiger partial charge in [0.2, 0.25) is 5.95 Å². The maximum Gasteiger partial charge on any atom is 0.226 e. The first-order valence-electron chi connectivity index (χ1n) is 7.27. The first-order chi connectivity index (χ1) is 10.2. The Morgan fingerprint density at radius 1 is 1.29 bits per heavy atom. The van der Waals surface area contributed by atoms with Gasteiger partial charge in [-0.15, -0.1) is 11.3 Å². The summed E-state index contributed by atoms with van der Waals surface area (Å²) >= 11 is 1.70. The molecule has 0 aliphatic carbocycles. The minimum atomic E-state index is 0.679. The molecule has 0 unspecified atom stereocenters. The second-order valence-corrected chi connectivity index (χ2v) is 6.18. The lowest BCUT2D eigenvalue weighted by Gasteiger charge is -2.10. The Morgan fingerprint density at radius 2 is 2.14 bits per heavy atom. The summed E-state index contributed by atoms with van der Waals surface area (Å²) in [6, 6.07) is 2.15. The summed E-state index contributed by atoms with van der Waals surface area (Å²) in [5.41, 5.74) is 0. The summed E-state index contributed by atoms with van der Waals surface area (Å²) < 4.78 is 2.08. The zero-order valence-electron chi connectivity index (χ0n) is 12.6. The summed E-state index contributed by atoms with van der Waals surface area (Å²) in [5.74, 6) is 2.64. The third-order valence-electron chi connectivity index (χ3n) is 3.25. The quantitative estimate of drug-likeness (QED) is 0.782. The van der Waals surface area contributed by atoms with Crippen LogP contribution in [0, 0.1) is 6.92 Å². The Labute approximate surface area is 128 Å². The van der Waals surface area contributed by atoms with Crippen LogP contribution in [0.2, 0.25) is 0 Å². The van der Waals surface area contributed by atoms with Crippen LogP contribution < -0.4 is 5.32 Å². The minimum Gasteiger partial charge on any atom is -0.354 e. The lowest BCUT2D eigenvalue weighted by atomic mass is 10.3. The zero-order valence-corrected chi connectivity index (χ0v) is 13.4. The third-order valence-corrected chi connectivity index (χ3v) is 4.19. The van der Waals surface area contributed by atoms with Crippen molar-refractivity contribution in [2.45, 2.75) is 33.6 Å². The van der Waals surface area contributed by atoms with E-state index in [1.165, 1.54) is 4.88 Å². The van der Waals surface area contributed by atoms with E-state index in [4.69, 9.17) is 4.98 Å². The number of aryl methyl sites for hydroxylation is 2. The SMILES string of the molecule is CCCc1nccn1-c1nc(NCC)nc2sc(C)cc12. The molecule has 3 aromatic heterocycles. The maximum absolute atomic E-state index is 4.70. The number of rotatable bonds is 5. The molecule has 3 aromatic rings. The zero-order chi connectivity index (χ0) is 14.8. The van der Waals surface area contributed by atoms with Crippen molar-refractivity contribution in [3.05, 3.63) is 29.2 Å². The smallest absolute Gasteiger partial charge is 0.226 e. The topological polar surface area (TPSA) is 55.6 Å². The van der Waals surface area contributed by atoms with Gasteiger partial charge in [0.25, 0.3) is 0 Å². The molecule has 0 bridgehead atoms. The molecule has 0 saturated heterocycles. The lowest BCUT2D eigenvalue weighted by molar-refractivity contribution is 0.800. The molecule has 0 aliphatic rings. The van der Waals surface area contributed by atoms with E-state index >= 15 is 0 Å². The van der Waals surface area contributed by atoms with E-state index in [1.54, 1.807) is 11.3 Å². The lowest BCUT2D eigenvalue weighted by Crippen LogP contribution is -2.08. The number of nitrogens with one attached hydrogen (secondary N) is 1. The molecular formula is C15H19N5S. The van der Waals surface area contributed by atoms with E-state index in [9.17, 15) is 0 Å². The van der Waals surface area contributed by atoms with Crippen molar-refractivity contribution in [3.8, 4) is 5.82 Å². The van der Waals surface area contributed by atoms with Crippen LogP contribution in [0.4, 0.5) is 5.95 Å². The molecule has 0 amide bonds. The number of hydrogen-bond acceptors (Lipinski definition) is 5. The summed E-state index contributed by atoms with van der Waals surface area (Å²) in [6.45, 7) is 7.12. The van der Waals surface area contributed by atoms with Crippen LogP contribution in [0.1, 0.15) is 31.0 Å². The average molecular weight is 301 g/mol. The van der Waals surface area contributed by atoms with Crippen LogP contribution in [-0.2, 0) is 6.42 Å². The number of imidazole rings is 1. The minimum absolute atomic E-state index is 0.679. The Balaban J connectivity index is 2.21. The Morgan fingerprint density at radius 3 is 2.90 bits per heavy atom. The molecule has 3 rings (SSSR count). The van der Waals surface area contributed by atoms with E-state index in [0.29, 0.717) is 5.95 Å². The van der Waals surface area contributed by atoms with Crippen LogP contribution in [0.3, 0.4) is 0 Å². The van der Waals surface area contributed by atoms with Gasteiger partial charge in [-0.2, -0.15) is 4.98 Å². The van der Waals surface area contributed by atoms with Gasteiger partial charge in [-0.1, -0.05) is 6.92 Å². The van der Waals surface area contributed by atoms with Gasteiger partial charge in [0.05, 0.1) is 5.39 Å². The molecule has 5 nitrogen and oxygen atoms in total. The normalized spacial score (nSPS) is 11.2.